The van der Waals surface area contributed by atoms with E-state index >= 15 is 0 Å². The number of halogens is 10. The van der Waals surface area contributed by atoms with Gasteiger partial charge in [0.1, 0.15) is 0 Å². The van der Waals surface area contributed by atoms with Crippen LogP contribution in [0.3, 0.4) is 0 Å². The lowest BCUT2D eigenvalue weighted by Crippen LogP contribution is -2.32. The molecule has 1 aromatic carbocycles. The summed E-state index contributed by atoms with van der Waals surface area (Å²) in [6.07, 6.45) is 4.07. The highest BCUT2D eigenvalue weighted by atomic mass is 20.0. The van der Waals surface area contributed by atoms with Gasteiger partial charge in [0.2, 0.25) is 0 Å². The molecule has 2 rings (SSSR count). The van der Waals surface area contributed by atoms with Gasteiger partial charge in [-0.3, -0.25) is 0 Å². The van der Waals surface area contributed by atoms with Crippen molar-refractivity contribution in [2.24, 2.45) is 11.8 Å². The molecule has 0 spiro atoms. The molecule has 1 aliphatic carbocycles. The van der Waals surface area contributed by atoms with Crippen LogP contribution in [0.2, 0.25) is 0 Å². The molecular weight excluding hydrogens is 394 g/mol. The second kappa shape index (κ2) is 20.8. The van der Waals surface area contributed by atoms with Crippen molar-refractivity contribution < 1.29 is 45.7 Å². The maximum atomic E-state index is 8.00. The predicted octanol–water partition coefficient (Wildman–Crippen LogP) is 9.22. The smallest absolute Gasteiger partial charge is 0 e. The third kappa shape index (κ3) is 11.8. The molecular formula is C17H26F10. The molecule has 0 saturated heterocycles. The molecule has 27 heavy (non-hydrogen) atoms. The van der Waals surface area contributed by atoms with E-state index in [1.807, 2.05) is 0 Å². The van der Waals surface area contributed by atoms with E-state index in [0.29, 0.717) is 5.41 Å². The van der Waals surface area contributed by atoms with Crippen LogP contribution < -0.4 is 0 Å². The Morgan fingerprint density at radius 2 is 1.19 bits per heavy atom. The van der Waals surface area contributed by atoms with Gasteiger partial charge in [-0.2, -0.15) is 0 Å². The van der Waals surface area contributed by atoms with Gasteiger partial charge in [-0.05, 0) is 67.1 Å². The lowest BCUT2D eigenvalue weighted by atomic mass is 9.64. The summed E-state index contributed by atoms with van der Waals surface area (Å²) in [7, 11) is 0. The van der Waals surface area contributed by atoms with Crippen LogP contribution in [0, 0.1) is 25.7 Å². The Balaban J connectivity index is -0.000000230. The zero-order valence-corrected chi connectivity index (χ0v) is 15.8. The maximum absolute atomic E-state index is 8.00. The van der Waals surface area contributed by atoms with Crippen LogP contribution in [0.4, 0.5) is 45.7 Å². The zero-order valence-electron chi connectivity index (χ0n) is 15.8. The van der Waals surface area contributed by atoms with E-state index in [2.05, 4.69) is 52.8 Å². The van der Waals surface area contributed by atoms with E-state index in [1.165, 1.54) is 30.4 Å². The van der Waals surface area contributed by atoms with Gasteiger partial charge in [-0.1, -0.05) is 39.0 Å². The first-order valence-electron chi connectivity index (χ1n) is 7.71. The molecule has 0 aliphatic heterocycles. The molecule has 0 radical (unpaired) electrons. The monoisotopic (exact) mass is 420 g/mol. The van der Waals surface area contributed by atoms with Crippen LogP contribution in [0.15, 0.2) is 18.2 Å². The molecule has 0 amide bonds. The normalized spacial score (nSPS) is 22.3. The van der Waals surface area contributed by atoms with E-state index < -0.39 is 0 Å². The van der Waals surface area contributed by atoms with E-state index in [4.69, 9.17) is 45.7 Å². The number of aryl methyl sites for hydroxylation is 2. The van der Waals surface area contributed by atoms with Crippen molar-refractivity contribution in [3.63, 3.8) is 0 Å². The van der Waals surface area contributed by atoms with Gasteiger partial charge in [0.25, 0.3) is 0 Å². The first kappa shape index (κ1) is 33.1. The number of hydrogen-bond donors (Lipinski definition) is 0. The second-order valence-corrected chi connectivity index (χ2v) is 6.56. The van der Waals surface area contributed by atoms with Gasteiger partial charge in [0.15, 0.2) is 0 Å². The largest absolute Gasteiger partial charge is 0.0623 e. The van der Waals surface area contributed by atoms with Gasteiger partial charge in [0, 0.05) is 45.7 Å². The van der Waals surface area contributed by atoms with Crippen LogP contribution in [-0.2, 0) is 5.41 Å². The summed E-state index contributed by atoms with van der Waals surface area (Å²) in [4.78, 5) is 0. The van der Waals surface area contributed by atoms with Gasteiger partial charge >= 0.3 is 0 Å². The molecule has 1 aliphatic rings. The summed E-state index contributed by atoms with van der Waals surface area (Å²) in [5, 5.41) is 0. The molecule has 0 N–H and O–H groups in total. The van der Waals surface area contributed by atoms with Gasteiger partial charge in [-0.25, -0.2) is 0 Å². The van der Waals surface area contributed by atoms with Crippen LogP contribution in [0.5, 0.6) is 0 Å². The van der Waals surface area contributed by atoms with Crippen LogP contribution >= 0.6 is 0 Å². The van der Waals surface area contributed by atoms with E-state index in [1.54, 1.807) is 5.56 Å². The quantitative estimate of drug-likeness (QED) is 0.397. The average Bonchev–Trinajstić information content (AvgIpc) is 2.74. The third-order valence-electron chi connectivity index (χ3n) is 5.10. The molecule has 0 aromatic heterocycles. The van der Waals surface area contributed by atoms with Crippen LogP contribution in [0.25, 0.3) is 0 Å². The molecule has 1 fully saturated rings. The molecule has 0 nitrogen and oxygen atoms in total. The van der Waals surface area contributed by atoms with Crippen LogP contribution in [-0.4, -0.2) is 0 Å². The fourth-order valence-electron chi connectivity index (χ4n) is 3.22. The Morgan fingerprint density at radius 1 is 0.741 bits per heavy atom. The van der Waals surface area contributed by atoms with Crippen molar-refractivity contribution >= 4 is 0 Å². The van der Waals surface area contributed by atoms with Gasteiger partial charge in [-0.15, -0.1) is 0 Å². The highest BCUT2D eigenvalue weighted by Gasteiger charge is 2.35. The lowest BCUT2D eigenvalue weighted by molar-refractivity contribution is 0.108. The summed E-state index contributed by atoms with van der Waals surface area (Å²) in [5.74, 6) is 1.75. The number of benzene rings is 1. The standard InChI is InChI=1S/C17H26.5F2/c1-12-6-7-16(10-14(12)3)17(5)9-8-13(2)15(4)11-17;5*1-2/h6-7,10,13,15H,8-9,11H2,1-5H3;;;;;. The van der Waals surface area contributed by atoms with Crippen molar-refractivity contribution in [1.82, 2.24) is 0 Å². The van der Waals surface area contributed by atoms with E-state index in [0.717, 1.165) is 11.8 Å². The Kier molecular flexibility index (Phi) is 25.6. The van der Waals surface area contributed by atoms with Crippen molar-refractivity contribution in [2.75, 3.05) is 0 Å². The van der Waals surface area contributed by atoms with E-state index in [-0.39, 0.29) is 0 Å². The molecule has 3 atom stereocenters. The lowest BCUT2D eigenvalue weighted by Gasteiger charge is -2.41. The second-order valence-electron chi connectivity index (χ2n) is 6.56. The van der Waals surface area contributed by atoms with Crippen molar-refractivity contribution in [1.29, 1.82) is 0 Å². The van der Waals surface area contributed by atoms with E-state index in [9.17, 15) is 0 Å². The summed E-state index contributed by atoms with van der Waals surface area (Å²) in [6.45, 7) is 11.7. The minimum atomic E-state index is 0.407. The summed E-state index contributed by atoms with van der Waals surface area (Å²) in [5.41, 5.74) is 4.81. The highest BCUT2D eigenvalue weighted by Crippen LogP contribution is 2.44. The zero-order chi connectivity index (χ0) is 22.6. The number of hydrogen-bond acceptors (Lipinski definition) is 0. The SMILES string of the molecule is Cc1ccc(C2(C)CCC(C)C(C)C2)cc1C.FF.FF.FF.FF.FF. The molecule has 1 saturated carbocycles. The maximum Gasteiger partial charge on any atom is 0 e. The highest BCUT2D eigenvalue weighted by molar-refractivity contribution is 5.34. The molecule has 0 heterocycles. The Hall–Kier alpha value is -1.48. The Labute approximate surface area is 152 Å². The van der Waals surface area contributed by atoms with Crippen molar-refractivity contribution in [3.05, 3.63) is 34.9 Å². The van der Waals surface area contributed by atoms with Gasteiger partial charge in [0.05, 0.1) is 0 Å². The summed E-state index contributed by atoms with van der Waals surface area (Å²) in [6, 6.07) is 7.06. The Bertz CT molecular complexity index is 430. The molecule has 0 bridgehead atoms. The first-order chi connectivity index (χ1) is 12.9. The molecule has 164 valence electrons. The molecule has 1 aromatic rings. The molecule has 10 heteroatoms. The first-order valence-corrected chi connectivity index (χ1v) is 7.71. The predicted molar refractivity (Wildman–Crippen MR) is 86.5 cm³/mol. The van der Waals surface area contributed by atoms with Crippen molar-refractivity contribution in [2.45, 2.75) is 59.3 Å². The Morgan fingerprint density at radius 3 is 1.56 bits per heavy atom. The summed E-state index contributed by atoms with van der Waals surface area (Å²) < 4.78 is 80.0. The topological polar surface area (TPSA) is 0 Å². The summed E-state index contributed by atoms with van der Waals surface area (Å²) >= 11 is 0. The van der Waals surface area contributed by atoms with Crippen LogP contribution in [0.1, 0.15) is 56.7 Å². The minimum absolute atomic E-state index is 0.407. The fraction of sp³-hybridized carbons (Fsp3) is 0.647. The fourth-order valence-corrected chi connectivity index (χ4v) is 3.22. The average molecular weight is 420 g/mol. The number of rotatable bonds is 1. The van der Waals surface area contributed by atoms with Gasteiger partial charge < -0.3 is 0 Å². The van der Waals surface area contributed by atoms with Crippen molar-refractivity contribution in [3.8, 4) is 0 Å². The minimum Gasteiger partial charge on any atom is -0.0623 e. The molecule has 3 unspecified atom stereocenters. The third-order valence-corrected chi connectivity index (χ3v) is 5.10.